The molecular formula is C12H14F2N4O3S. The van der Waals surface area contributed by atoms with Gasteiger partial charge in [0.1, 0.15) is 0 Å². The van der Waals surface area contributed by atoms with Crippen molar-refractivity contribution >= 4 is 32.7 Å². The molecule has 0 aliphatic heterocycles. The van der Waals surface area contributed by atoms with Crippen LogP contribution in [-0.4, -0.2) is 37.1 Å². The summed E-state index contributed by atoms with van der Waals surface area (Å²) in [5, 5.41) is 2.50. The van der Waals surface area contributed by atoms with Crippen molar-refractivity contribution in [2.24, 2.45) is 0 Å². The lowest BCUT2D eigenvalue weighted by Gasteiger charge is -2.05. The van der Waals surface area contributed by atoms with E-state index in [9.17, 15) is 22.0 Å². The number of carbonyl (C=O) groups excluding carboxylic acids is 1. The number of benzene rings is 1. The normalized spacial score (nSPS) is 12.0. The number of nitrogens with one attached hydrogen (secondary N) is 3. The Hall–Kier alpha value is -2.07. The van der Waals surface area contributed by atoms with Gasteiger partial charge in [-0.15, -0.1) is 0 Å². The van der Waals surface area contributed by atoms with Crippen LogP contribution >= 0.6 is 0 Å². The van der Waals surface area contributed by atoms with Gasteiger partial charge in [-0.25, -0.2) is 26.9 Å². The van der Waals surface area contributed by atoms with Gasteiger partial charge in [0.25, 0.3) is 6.43 Å². The molecule has 0 saturated heterocycles. The number of hydrogen-bond donors (Lipinski definition) is 3. The topological polar surface area (TPSA) is 104 Å². The number of carbonyl (C=O) groups is 1. The highest BCUT2D eigenvalue weighted by Gasteiger charge is 2.14. The van der Waals surface area contributed by atoms with Gasteiger partial charge in [0, 0.05) is 12.1 Å². The number of alkyl halides is 2. The third-order valence-electron chi connectivity index (χ3n) is 2.90. The summed E-state index contributed by atoms with van der Waals surface area (Å²) in [7, 11) is -2.19. The Bertz CT molecular complexity index is 789. The molecule has 0 fully saturated rings. The Morgan fingerprint density at radius 2 is 2.14 bits per heavy atom. The first-order valence-electron chi connectivity index (χ1n) is 6.29. The number of imidazole rings is 1. The number of H-pyrrole nitrogens is 1. The third-order valence-corrected chi connectivity index (χ3v) is 4.26. The maximum Gasteiger partial charge on any atom is 0.295 e. The predicted molar refractivity (Wildman–Crippen MR) is 77.1 cm³/mol. The quantitative estimate of drug-likeness (QED) is 0.743. The number of aromatic nitrogens is 2. The highest BCUT2D eigenvalue weighted by molar-refractivity contribution is 7.89. The zero-order valence-corrected chi connectivity index (χ0v) is 12.4. The minimum atomic E-state index is -3.46. The van der Waals surface area contributed by atoms with E-state index in [0.717, 1.165) is 0 Å². The maximum absolute atomic E-state index is 12.5. The fraction of sp³-hybridized carbons (Fsp3) is 0.333. The fourth-order valence-corrected chi connectivity index (χ4v) is 2.42. The number of aromatic amines is 1. The molecule has 0 atom stereocenters. The molecule has 0 aliphatic carbocycles. The molecule has 22 heavy (non-hydrogen) atoms. The molecule has 7 nitrogen and oxygen atoms in total. The lowest BCUT2D eigenvalue weighted by molar-refractivity contribution is -0.115. The molecular weight excluding hydrogens is 318 g/mol. The first kappa shape index (κ1) is 16.3. The van der Waals surface area contributed by atoms with Crippen molar-refractivity contribution in [3.8, 4) is 0 Å². The van der Waals surface area contributed by atoms with Gasteiger partial charge in [-0.2, -0.15) is 0 Å². The van der Waals surface area contributed by atoms with Gasteiger partial charge < -0.3 is 10.3 Å². The van der Waals surface area contributed by atoms with Crippen LogP contribution in [0.2, 0.25) is 0 Å². The summed E-state index contributed by atoms with van der Waals surface area (Å²) in [6.07, 6.45) is -2.93. The number of fused-ring (bicyclic) bond motifs is 1. The second kappa shape index (κ2) is 6.36. The first-order chi connectivity index (χ1) is 10.3. The van der Waals surface area contributed by atoms with Crippen molar-refractivity contribution in [1.82, 2.24) is 14.7 Å². The summed E-state index contributed by atoms with van der Waals surface area (Å²) in [5.74, 6) is -1.28. The van der Waals surface area contributed by atoms with Crippen LogP contribution in [0.15, 0.2) is 18.2 Å². The molecule has 0 saturated carbocycles. The molecule has 0 spiro atoms. The molecule has 1 aromatic heterocycles. The summed E-state index contributed by atoms with van der Waals surface area (Å²) in [4.78, 5) is 17.8. The highest BCUT2D eigenvalue weighted by atomic mass is 32.2. The summed E-state index contributed by atoms with van der Waals surface area (Å²) < 4.78 is 49.6. The molecule has 1 amide bonds. The molecule has 0 bridgehead atoms. The Morgan fingerprint density at radius 1 is 1.41 bits per heavy atom. The number of sulfonamides is 1. The first-order valence-corrected chi connectivity index (χ1v) is 7.95. The van der Waals surface area contributed by atoms with E-state index in [0.29, 0.717) is 16.7 Å². The van der Waals surface area contributed by atoms with Crippen LogP contribution in [0.25, 0.3) is 11.0 Å². The molecule has 0 radical (unpaired) electrons. The van der Waals surface area contributed by atoms with Gasteiger partial charge in [-0.3, -0.25) is 4.79 Å². The van der Waals surface area contributed by atoms with Crippen molar-refractivity contribution in [1.29, 1.82) is 0 Å². The number of nitrogens with zero attached hydrogens (tertiary/aromatic N) is 1. The molecule has 0 unspecified atom stereocenters. The van der Waals surface area contributed by atoms with E-state index in [1.54, 1.807) is 0 Å². The van der Waals surface area contributed by atoms with Crippen LogP contribution in [0.4, 0.5) is 14.5 Å². The predicted octanol–water partition coefficient (Wildman–Crippen LogP) is 1.38. The van der Waals surface area contributed by atoms with Crippen molar-refractivity contribution in [3.63, 3.8) is 0 Å². The molecule has 2 aromatic rings. The highest BCUT2D eigenvalue weighted by Crippen LogP contribution is 2.22. The second-order valence-electron chi connectivity index (χ2n) is 4.48. The van der Waals surface area contributed by atoms with Gasteiger partial charge in [-0.1, -0.05) is 0 Å². The van der Waals surface area contributed by atoms with E-state index < -0.39 is 28.2 Å². The van der Waals surface area contributed by atoms with Gasteiger partial charge in [-0.05, 0) is 25.2 Å². The van der Waals surface area contributed by atoms with Crippen LogP contribution in [0.1, 0.15) is 18.7 Å². The molecule has 10 heteroatoms. The molecule has 3 N–H and O–H groups in total. The van der Waals surface area contributed by atoms with E-state index >= 15 is 0 Å². The molecule has 2 rings (SSSR count). The maximum atomic E-state index is 12.5. The molecule has 120 valence electrons. The number of hydrogen-bond acceptors (Lipinski definition) is 4. The summed E-state index contributed by atoms with van der Waals surface area (Å²) in [6, 6.07) is 4.44. The average Bonchev–Trinajstić information content (AvgIpc) is 2.89. The number of anilines is 1. The van der Waals surface area contributed by atoms with Gasteiger partial charge in [0.15, 0.2) is 5.82 Å². The Morgan fingerprint density at radius 3 is 2.77 bits per heavy atom. The minimum absolute atomic E-state index is 0.216. The Kier molecular flexibility index (Phi) is 4.71. The van der Waals surface area contributed by atoms with Crippen LogP contribution in [0.5, 0.6) is 0 Å². The van der Waals surface area contributed by atoms with Crippen LogP contribution < -0.4 is 10.0 Å². The lowest BCUT2D eigenvalue weighted by Crippen LogP contribution is -2.25. The molecule has 0 aliphatic rings. The van der Waals surface area contributed by atoms with E-state index in [4.69, 9.17) is 0 Å². The standard InChI is InChI=1S/C12H14F2N4O3S/c1-15-22(20,21)5-4-10(19)16-7-2-3-8-9(6-7)18-12(17-8)11(13)14/h2-3,6,11,15H,4-5H2,1H3,(H,16,19)(H,17,18). The van der Waals surface area contributed by atoms with Crippen molar-refractivity contribution in [3.05, 3.63) is 24.0 Å². The van der Waals surface area contributed by atoms with Gasteiger partial charge in [0.2, 0.25) is 15.9 Å². The van der Waals surface area contributed by atoms with Crippen molar-refractivity contribution in [2.75, 3.05) is 18.1 Å². The Balaban J connectivity index is 2.06. The van der Waals surface area contributed by atoms with E-state index in [-0.39, 0.29) is 12.2 Å². The van der Waals surface area contributed by atoms with Crippen LogP contribution in [0.3, 0.4) is 0 Å². The number of rotatable bonds is 6. The fourth-order valence-electron chi connectivity index (χ4n) is 1.76. The van der Waals surface area contributed by atoms with E-state index in [2.05, 4.69) is 20.0 Å². The molecule has 1 aromatic carbocycles. The van der Waals surface area contributed by atoms with Crippen LogP contribution in [0, 0.1) is 0 Å². The second-order valence-corrected chi connectivity index (χ2v) is 6.52. The van der Waals surface area contributed by atoms with Crippen LogP contribution in [-0.2, 0) is 14.8 Å². The minimum Gasteiger partial charge on any atom is -0.337 e. The molecule has 1 heterocycles. The van der Waals surface area contributed by atoms with E-state index in [1.165, 1.54) is 25.2 Å². The third kappa shape index (κ3) is 3.98. The number of amides is 1. The SMILES string of the molecule is CNS(=O)(=O)CCC(=O)Nc1ccc2nc(C(F)F)[nH]c2c1. The number of halogens is 2. The average molecular weight is 332 g/mol. The Labute approximate surface area is 125 Å². The summed E-state index contributed by atoms with van der Waals surface area (Å²) in [5.41, 5.74) is 1.07. The van der Waals surface area contributed by atoms with Gasteiger partial charge >= 0.3 is 0 Å². The largest absolute Gasteiger partial charge is 0.337 e. The summed E-state index contributed by atoms with van der Waals surface area (Å²) >= 11 is 0. The summed E-state index contributed by atoms with van der Waals surface area (Å²) in [6.45, 7) is 0. The van der Waals surface area contributed by atoms with Crippen molar-refractivity contribution < 1.29 is 22.0 Å². The van der Waals surface area contributed by atoms with Crippen molar-refractivity contribution in [2.45, 2.75) is 12.8 Å². The zero-order chi connectivity index (χ0) is 16.3. The van der Waals surface area contributed by atoms with Gasteiger partial charge in [0.05, 0.1) is 16.8 Å². The van der Waals surface area contributed by atoms with E-state index in [1.807, 2.05) is 0 Å². The lowest BCUT2D eigenvalue weighted by atomic mass is 10.2. The smallest absolute Gasteiger partial charge is 0.295 e. The monoisotopic (exact) mass is 332 g/mol. The zero-order valence-electron chi connectivity index (χ0n) is 11.6.